The molecule has 138 valence electrons. The van der Waals surface area contributed by atoms with E-state index in [1.807, 2.05) is 0 Å². The van der Waals surface area contributed by atoms with Gasteiger partial charge in [0, 0.05) is 24.0 Å². The Hall–Kier alpha value is -2.36. The lowest BCUT2D eigenvalue weighted by Gasteiger charge is -2.37. The fraction of sp³-hybridized carbons (Fsp3) is 0.500. The van der Waals surface area contributed by atoms with Crippen molar-refractivity contribution >= 4 is 17.4 Å². The summed E-state index contributed by atoms with van der Waals surface area (Å²) in [7, 11) is 0. The Morgan fingerprint density at radius 3 is 2.24 bits per heavy atom. The summed E-state index contributed by atoms with van der Waals surface area (Å²) in [4.78, 5) is 33.5. The summed E-state index contributed by atoms with van der Waals surface area (Å²) in [6, 6.07) is 4.52. The lowest BCUT2D eigenvalue weighted by atomic mass is 9.74. The summed E-state index contributed by atoms with van der Waals surface area (Å²) in [6.45, 7) is 2.87. The van der Waals surface area contributed by atoms with E-state index in [4.69, 9.17) is 16.6 Å². The zero-order valence-corrected chi connectivity index (χ0v) is 14.1. The number of nitrogens with two attached hydrogens (primary N) is 2. The molecule has 2 atom stereocenters. The Morgan fingerprint density at radius 1 is 1.28 bits per heavy atom. The van der Waals surface area contributed by atoms with Gasteiger partial charge in [-0.25, -0.2) is 4.79 Å². The third kappa shape index (κ3) is 4.81. The van der Waals surface area contributed by atoms with Crippen LogP contribution in [0.25, 0.3) is 0 Å². The monoisotopic (exact) mass is 353 g/mol. The summed E-state index contributed by atoms with van der Waals surface area (Å²) in [5.41, 5.74) is 7.80. The number of carbonyl (C=O) groups is 2. The van der Waals surface area contributed by atoms with Crippen LogP contribution >= 0.6 is 0 Å². The van der Waals surface area contributed by atoms with Gasteiger partial charge in [0.15, 0.2) is 0 Å². The summed E-state index contributed by atoms with van der Waals surface area (Å²) in [6.07, 6.45) is 1.07. The normalized spacial score (nSPS) is 15.2. The fourth-order valence-corrected chi connectivity index (χ4v) is 2.42. The first kappa shape index (κ1) is 20.7. The number of nitro groups is 1. The van der Waals surface area contributed by atoms with E-state index in [0.717, 1.165) is 5.56 Å². The molecule has 1 aromatic carbocycles. The second-order valence-corrected chi connectivity index (χ2v) is 6.53. The van der Waals surface area contributed by atoms with Crippen LogP contribution in [0.15, 0.2) is 24.3 Å². The van der Waals surface area contributed by atoms with Gasteiger partial charge < -0.3 is 15.9 Å². The number of nitro benzene ring substituents is 1. The quantitative estimate of drug-likeness (QED) is 0.283. The molecule has 9 heteroatoms. The number of nitrogens with zero attached hydrogens (tertiary/aromatic N) is 1. The van der Waals surface area contributed by atoms with E-state index < -0.39 is 28.1 Å². The molecule has 0 saturated heterocycles. The van der Waals surface area contributed by atoms with Crippen molar-refractivity contribution in [2.24, 2.45) is 16.9 Å². The molecule has 0 aliphatic carbocycles. The zero-order chi connectivity index (χ0) is 19.4. The number of ketones is 1. The molecule has 1 aromatic rings. The third-order valence-electron chi connectivity index (χ3n) is 4.33. The number of carboxylic acids is 1. The molecule has 0 aliphatic heterocycles. The average molecular weight is 353 g/mol. The Morgan fingerprint density at radius 2 is 1.80 bits per heavy atom. The second-order valence-electron chi connectivity index (χ2n) is 6.53. The first-order valence-electron chi connectivity index (χ1n) is 7.67. The maximum atomic E-state index is 12.4. The number of carbonyl (C=O) groups excluding carboxylic acids is 1. The third-order valence-corrected chi connectivity index (χ3v) is 4.33. The molecule has 0 unspecified atom stereocenters. The molecule has 0 amide bonds. The topological polar surface area (TPSA) is 170 Å². The zero-order valence-electron chi connectivity index (χ0n) is 14.1. The number of Topliss-reactive ketones (excluding diaryl/α,β-unsaturated/α-hetero) is 1. The molecular formula is C16H23N3O6. The molecule has 6 N–H and O–H groups in total. The van der Waals surface area contributed by atoms with Crippen LogP contribution in [0.2, 0.25) is 0 Å². The van der Waals surface area contributed by atoms with Crippen LogP contribution in [0.5, 0.6) is 0 Å². The minimum atomic E-state index is -2.71. The molecular weight excluding hydrogens is 330 g/mol. The minimum Gasteiger partial charge on any atom is -0.478 e. The molecule has 0 heterocycles. The van der Waals surface area contributed by atoms with Crippen LogP contribution in [-0.2, 0) is 16.0 Å². The van der Waals surface area contributed by atoms with Crippen molar-refractivity contribution in [1.29, 1.82) is 0 Å². The maximum absolute atomic E-state index is 12.4. The SMILES string of the molecule is CC(C)(C(=O)CCCc1ccc([N+](=O)[O-])cc1)[C@@H](N)[C@](N)(O)C(=O)O. The van der Waals surface area contributed by atoms with Crippen LogP contribution < -0.4 is 11.5 Å². The largest absolute Gasteiger partial charge is 0.478 e. The minimum absolute atomic E-state index is 0.0113. The first-order chi connectivity index (χ1) is 11.4. The Bertz CT molecular complexity index is 654. The van der Waals surface area contributed by atoms with Crippen LogP contribution in [-0.4, -0.2) is 38.7 Å². The number of hydrogen-bond donors (Lipinski definition) is 4. The van der Waals surface area contributed by atoms with Crippen molar-refractivity contribution in [3.05, 3.63) is 39.9 Å². The van der Waals surface area contributed by atoms with Crippen molar-refractivity contribution in [3.63, 3.8) is 0 Å². The number of carboxylic acid groups (broad SMARTS) is 1. The Kier molecular flexibility index (Phi) is 6.36. The van der Waals surface area contributed by atoms with E-state index in [0.29, 0.717) is 12.8 Å². The molecule has 0 saturated carbocycles. The van der Waals surface area contributed by atoms with Crippen LogP contribution in [0, 0.1) is 15.5 Å². The fourth-order valence-electron chi connectivity index (χ4n) is 2.42. The molecule has 0 aliphatic rings. The standard InChI is InChI=1S/C16H23N3O6/c1-15(2,13(17)16(18,23)14(21)22)12(20)5-3-4-10-6-8-11(9-7-10)19(24)25/h6-9,13,23H,3-5,17-18H2,1-2H3,(H,21,22)/t13-,16+/m1/s1. The van der Waals surface area contributed by atoms with Crippen LogP contribution in [0.4, 0.5) is 5.69 Å². The highest BCUT2D eigenvalue weighted by molar-refractivity contribution is 5.87. The molecule has 1 rings (SSSR count). The summed E-state index contributed by atoms with van der Waals surface area (Å²) < 4.78 is 0. The van der Waals surface area contributed by atoms with E-state index in [9.17, 15) is 24.8 Å². The number of benzene rings is 1. The van der Waals surface area contributed by atoms with Crippen molar-refractivity contribution in [3.8, 4) is 0 Å². The first-order valence-corrected chi connectivity index (χ1v) is 7.67. The predicted octanol–water partition coefficient (Wildman–Crippen LogP) is 0.572. The number of non-ortho nitro benzene ring substituents is 1. The molecule has 0 aromatic heterocycles. The van der Waals surface area contributed by atoms with Gasteiger partial charge >= 0.3 is 5.97 Å². The maximum Gasteiger partial charge on any atom is 0.352 e. The van der Waals surface area contributed by atoms with Gasteiger partial charge in [-0.1, -0.05) is 26.0 Å². The number of rotatable bonds is 9. The van der Waals surface area contributed by atoms with E-state index >= 15 is 0 Å². The predicted molar refractivity (Wildman–Crippen MR) is 89.6 cm³/mol. The van der Waals surface area contributed by atoms with Gasteiger partial charge in [-0.3, -0.25) is 20.6 Å². The van der Waals surface area contributed by atoms with Crippen molar-refractivity contribution in [1.82, 2.24) is 0 Å². The number of aliphatic carboxylic acids is 1. The lowest BCUT2D eigenvalue weighted by molar-refractivity contribution is -0.384. The highest BCUT2D eigenvalue weighted by Gasteiger charge is 2.49. The number of hydrogen-bond acceptors (Lipinski definition) is 7. The summed E-state index contributed by atoms with van der Waals surface area (Å²) in [5.74, 6) is -2.03. The second kappa shape index (κ2) is 7.68. The smallest absolute Gasteiger partial charge is 0.352 e. The Labute approximate surface area is 144 Å². The highest BCUT2D eigenvalue weighted by atomic mass is 16.6. The van der Waals surface area contributed by atoms with E-state index in [-0.39, 0.29) is 17.9 Å². The molecule has 0 fully saturated rings. The van der Waals surface area contributed by atoms with Crippen molar-refractivity contribution < 1.29 is 24.7 Å². The molecule has 0 spiro atoms. The van der Waals surface area contributed by atoms with E-state index in [1.165, 1.54) is 26.0 Å². The average Bonchev–Trinajstić information content (AvgIpc) is 2.54. The van der Waals surface area contributed by atoms with Crippen LogP contribution in [0.1, 0.15) is 32.3 Å². The number of aliphatic hydroxyl groups is 1. The Balaban J connectivity index is 2.66. The van der Waals surface area contributed by atoms with Crippen LogP contribution in [0.3, 0.4) is 0 Å². The molecule has 9 nitrogen and oxygen atoms in total. The van der Waals surface area contributed by atoms with Gasteiger partial charge in [-0.15, -0.1) is 0 Å². The van der Waals surface area contributed by atoms with Crippen molar-refractivity contribution in [2.45, 2.75) is 44.9 Å². The lowest BCUT2D eigenvalue weighted by Crippen LogP contribution is -2.67. The van der Waals surface area contributed by atoms with Gasteiger partial charge in [0.1, 0.15) is 5.78 Å². The van der Waals surface area contributed by atoms with Crippen molar-refractivity contribution in [2.75, 3.05) is 0 Å². The van der Waals surface area contributed by atoms with Gasteiger partial charge in [-0.05, 0) is 18.4 Å². The van der Waals surface area contributed by atoms with Gasteiger partial charge in [-0.2, -0.15) is 0 Å². The van der Waals surface area contributed by atoms with E-state index in [1.54, 1.807) is 12.1 Å². The van der Waals surface area contributed by atoms with E-state index in [2.05, 4.69) is 0 Å². The van der Waals surface area contributed by atoms with Gasteiger partial charge in [0.25, 0.3) is 5.69 Å². The summed E-state index contributed by atoms with van der Waals surface area (Å²) in [5, 5.41) is 29.3. The molecule has 25 heavy (non-hydrogen) atoms. The molecule has 0 radical (unpaired) electrons. The summed E-state index contributed by atoms with van der Waals surface area (Å²) >= 11 is 0. The van der Waals surface area contributed by atoms with Gasteiger partial charge in [0.05, 0.1) is 11.0 Å². The molecule has 0 bridgehead atoms. The van der Waals surface area contributed by atoms with Gasteiger partial charge in [0.2, 0.25) is 5.72 Å². The highest BCUT2D eigenvalue weighted by Crippen LogP contribution is 2.28. The number of aryl methyl sites for hydroxylation is 1.